The number of nitriles is 1. The molecular formula is C21H18N2O3S. The van der Waals surface area contributed by atoms with Crippen molar-refractivity contribution in [1.82, 2.24) is 0 Å². The van der Waals surface area contributed by atoms with E-state index in [1.165, 1.54) is 11.3 Å². The minimum atomic E-state index is 0.403. The molecule has 2 N–H and O–H groups in total. The lowest BCUT2D eigenvalue weighted by Crippen LogP contribution is -2.15. The van der Waals surface area contributed by atoms with E-state index in [0.29, 0.717) is 42.7 Å². The van der Waals surface area contributed by atoms with Crippen LogP contribution in [-0.4, -0.2) is 13.2 Å². The Labute approximate surface area is 161 Å². The number of fused-ring (bicyclic) bond motifs is 1. The fraction of sp³-hybridized carbons (Fsp3) is 0.190. The van der Waals surface area contributed by atoms with Crippen LogP contribution in [0.5, 0.6) is 16.6 Å². The van der Waals surface area contributed by atoms with Crippen molar-refractivity contribution in [1.29, 1.82) is 5.26 Å². The molecule has 0 atom stereocenters. The van der Waals surface area contributed by atoms with Crippen LogP contribution in [0.3, 0.4) is 0 Å². The highest BCUT2D eigenvalue weighted by Crippen LogP contribution is 2.40. The lowest BCUT2D eigenvalue weighted by Gasteiger charge is -2.18. The van der Waals surface area contributed by atoms with E-state index in [4.69, 9.17) is 19.9 Å². The second-order valence-corrected chi connectivity index (χ2v) is 6.93. The monoisotopic (exact) mass is 378 g/mol. The third-order valence-electron chi connectivity index (χ3n) is 4.35. The molecule has 0 aliphatic carbocycles. The summed E-state index contributed by atoms with van der Waals surface area (Å²) in [5.74, 6) is 1.44. The first kappa shape index (κ1) is 17.4. The minimum absolute atomic E-state index is 0.403. The fourth-order valence-corrected chi connectivity index (χ4v) is 3.78. The minimum Gasteiger partial charge on any atom is -0.486 e. The van der Waals surface area contributed by atoms with Crippen LogP contribution in [-0.2, 0) is 13.2 Å². The van der Waals surface area contributed by atoms with Gasteiger partial charge >= 0.3 is 0 Å². The zero-order valence-corrected chi connectivity index (χ0v) is 15.4. The number of nitrogens with zero attached hydrogens (tertiary/aromatic N) is 1. The van der Waals surface area contributed by atoms with Gasteiger partial charge in [-0.25, -0.2) is 0 Å². The highest BCUT2D eigenvalue weighted by molar-refractivity contribution is 7.12. The molecule has 0 radical (unpaired) electrons. The van der Waals surface area contributed by atoms with Crippen LogP contribution < -0.4 is 19.9 Å². The predicted octanol–water partition coefficient (Wildman–Crippen LogP) is 4.10. The van der Waals surface area contributed by atoms with E-state index in [2.05, 4.69) is 6.07 Å². The van der Waals surface area contributed by atoms with Crippen molar-refractivity contribution in [2.45, 2.75) is 13.2 Å². The van der Waals surface area contributed by atoms with E-state index in [9.17, 15) is 5.26 Å². The van der Waals surface area contributed by atoms with Crippen molar-refractivity contribution in [2.24, 2.45) is 5.73 Å². The Bertz CT molecular complexity index is 990. The smallest absolute Gasteiger partial charge is 0.192 e. The molecule has 2 heterocycles. The number of hydrogen-bond donors (Lipinski definition) is 1. The van der Waals surface area contributed by atoms with Crippen LogP contribution in [0, 0.1) is 11.3 Å². The molecule has 0 unspecified atom stereocenters. The molecule has 1 aliphatic heterocycles. The highest BCUT2D eigenvalue weighted by atomic mass is 32.1. The maximum atomic E-state index is 9.66. The lowest BCUT2D eigenvalue weighted by molar-refractivity contribution is 0.171. The second-order valence-electron chi connectivity index (χ2n) is 6.09. The number of nitrogens with two attached hydrogens (primary N) is 1. The molecule has 0 fully saturated rings. The van der Waals surface area contributed by atoms with Crippen molar-refractivity contribution in [2.75, 3.05) is 13.2 Å². The van der Waals surface area contributed by atoms with E-state index in [1.54, 1.807) is 0 Å². The van der Waals surface area contributed by atoms with Crippen LogP contribution in [0.25, 0.3) is 11.1 Å². The molecule has 5 nitrogen and oxygen atoms in total. The Hall–Kier alpha value is -3.01. The van der Waals surface area contributed by atoms with E-state index in [1.807, 2.05) is 47.8 Å². The van der Waals surface area contributed by atoms with Crippen molar-refractivity contribution in [3.8, 4) is 33.8 Å². The van der Waals surface area contributed by atoms with Gasteiger partial charge in [-0.05, 0) is 28.8 Å². The van der Waals surface area contributed by atoms with Crippen molar-refractivity contribution in [3.05, 3.63) is 64.5 Å². The first-order valence-corrected chi connectivity index (χ1v) is 9.48. The van der Waals surface area contributed by atoms with Crippen LogP contribution in [0.1, 0.15) is 16.7 Å². The molecule has 1 aromatic heterocycles. The van der Waals surface area contributed by atoms with Gasteiger partial charge in [0.1, 0.15) is 31.5 Å². The van der Waals surface area contributed by atoms with Gasteiger partial charge in [0, 0.05) is 17.5 Å². The summed E-state index contributed by atoms with van der Waals surface area (Å²) in [6.07, 6.45) is 0. The Kier molecular flexibility index (Phi) is 4.97. The van der Waals surface area contributed by atoms with E-state index in [0.717, 1.165) is 28.0 Å². The highest BCUT2D eigenvalue weighted by Gasteiger charge is 2.18. The summed E-state index contributed by atoms with van der Waals surface area (Å²) in [4.78, 5) is 0. The standard InChI is InChI=1S/C21H18N2O3S/c22-10-14-1-3-15(4-2-14)12-26-21-17(11-23)18(13-27-21)16-5-6-19-20(9-16)25-8-7-24-19/h1-6,9,13H,7-8,10,12,22H2. The van der Waals surface area contributed by atoms with Gasteiger partial charge in [0.15, 0.2) is 16.6 Å². The molecule has 2 aromatic carbocycles. The molecule has 27 heavy (non-hydrogen) atoms. The van der Waals surface area contributed by atoms with Gasteiger partial charge in [0.05, 0.1) is 0 Å². The van der Waals surface area contributed by atoms with Crippen LogP contribution in [0.15, 0.2) is 47.8 Å². The van der Waals surface area contributed by atoms with Gasteiger partial charge in [0.25, 0.3) is 0 Å². The molecule has 136 valence electrons. The summed E-state index contributed by atoms with van der Waals surface area (Å²) >= 11 is 1.42. The summed E-state index contributed by atoms with van der Waals surface area (Å²) in [5, 5.41) is 12.2. The zero-order valence-electron chi connectivity index (χ0n) is 14.6. The number of hydrogen-bond acceptors (Lipinski definition) is 6. The molecule has 0 saturated heterocycles. The number of rotatable bonds is 5. The van der Waals surface area contributed by atoms with Crippen molar-refractivity contribution >= 4 is 11.3 Å². The largest absolute Gasteiger partial charge is 0.486 e. The van der Waals surface area contributed by atoms with E-state index >= 15 is 0 Å². The molecule has 6 heteroatoms. The summed E-state index contributed by atoms with van der Waals surface area (Å²) in [6.45, 7) is 2.01. The first-order valence-electron chi connectivity index (χ1n) is 8.61. The van der Waals surface area contributed by atoms with Gasteiger partial charge in [-0.2, -0.15) is 5.26 Å². The number of thiophene rings is 1. The summed E-state index contributed by atoms with van der Waals surface area (Å²) in [6, 6.07) is 15.9. The fourth-order valence-electron chi connectivity index (χ4n) is 2.90. The number of ether oxygens (including phenoxy) is 3. The summed E-state index contributed by atoms with van der Waals surface area (Å²) < 4.78 is 17.1. The third-order valence-corrected chi connectivity index (χ3v) is 5.24. The molecule has 0 amide bonds. The Morgan fingerprint density at radius 3 is 2.52 bits per heavy atom. The molecule has 0 bridgehead atoms. The molecule has 1 aliphatic rings. The molecule has 0 saturated carbocycles. The number of benzene rings is 2. The van der Waals surface area contributed by atoms with Gasteiger partial charge in [-0.1, -0.05) is 30.3 Å². The van der Waals surface area contributed by atoms with Crippen molar-refractivity contribution in [3.63, 3.8) is 0 Å². The van der Waals surface area contributed by atoms with E-state index in [-0.39, 0.29) is 0 Å². The Morgan fingerprint density at radius 1 is 1.04 bits per heavy atom. The summed E-state index contributed by atoms with van der Waals surface area (Å²) in [5.41, 5.74) is 10.0. The van der Waals surface area contributed by atoms with E-state index < -0.39 is 0 Å². The van der Waals surface area contributed by atoms with Gasteiger partial charge < -0.3 is 19.9 Å². The van der Waals surface area contributed by atoms with Crippen molar-refractivity contribution < 1.29 is 14.2 Å². The van der Waals surface area contributed by atoms with Crippen LogP contribution in [0.4, 0.5) is 0 Å². The quantitative estimate of drug-likeness (QED) is 0.723. The van der Waals surface area contributed by atoms with Crippen LogP contribution >= 0.6 is 11.3 Å². The molecule has 0 spiro atoms. The van der Waals surface area contributed by atoms with Gasteiger partial charge in [0.2, 0.25) is 0 Å². The molecule has 4 rings (SSSR count). The second kappa shape index (κ2) is 7.70. The average molecular weight is 378 g/mol. The first-order chi connectivity index (χ1) is 13.3. The Balaban J connectivity index is 1.55. The normalized spacial score (nSPS) is 12.4. The third kappa shape index (κ3) is 3.61. The lowest BCUT2D eigenvalue weighted by atomic mass is 10.0. The topological polar surface area (TPSA) is 77.5 Å². The van der Waals surface area contributed by atoms with Gasteiger partial charge in [-0.15, -0.1) is 11.3 Å². The SMILES string of the molecule is N#Cc1c(-c2ccc3c(c2)OCCO3)csc1OCc1ccc(CN)cc1. The molecular weight excluding hydrogens is 360 g/mol. The maximum absolute atomic E-state index is 9.66. The van der Waals surface area contributed by atoms with Crippen LogP contribution in [0.2, 0.25) is 0 Å². The molecule has 3 aromatic rings. The van der Waals surface area contributed by atoms with Gasteiger partial charge in [-0.3, -0.25) is 0 Å². The average Bonchev–Trinajstić information content (AvgIpc) is 3.15. The summed E-state index contributed by atoms with van der Waals surface area (Å²) in [7, 11) is 0. The Morgan fingerprint density at radius 2 is 1.78 bits per heavy atom. The predicted molar refractivity (Wildman–Crippen MR) is 104 cm³/mol. The maximum Gasteiger partial charge on any atom is 0.192 e. The zero-order chi connectivity index (χ0) is 18.6.